The van der Waals surface area contributed by atoms with Crippen LogP contribution in [0.1, 0.15) is 0 Å². The van der Waals surface area contributed by atoms with Crippen LogP contribution in [0.3, 0.4) is 0 Å². The lowest BCUT2D eigenvalue weighted by Gasteiger charge is -2.20. The zero-order valence-corrected chi connectivity index (χ0v) is 17.6. The lowest BCUT2D eigenvalue weighted by atomic mass is 10.3. The summed E-state index contributed by atoms with van der Waals surface area (Å²) in [5.74, 6) is 0. The van der Waals surface area contributed by atoms with Crippen molar-refractivity contribution in [3.8, 4) is 5.69 Å². The molecule has 0 saturated heterocycles. The highest BCUT2D eigenvalue weighted by atomic mass is 31.2. The number of para-hydroxylation sites is 2. The molecule has 1 aromatic heterocycles. The largest absolute Gasteiger partial charge is 0.309 e. The number of hydrogen-bond acceptors (Lipinski definition) is 1. The van der Waals surface area contributed by atoms with Gasteiger partial charge in [-0.05, 0) is 24.3 Å². The van der Waals surface area contributed by atoms with Crippen LogP contribution >= 0.6 is 7.14 Å². The van der Waals surface area contributed by atoms with Crippen molar-refractivity contribution in [3.05, 3.63) is 116 Å². The van der Waals surface area contributed by atoms with E-state index in [1.165, 1.54) is 0 Å². The Bertz CT molecular complexity index is 1330. The van der Waals surface area contributed by atoms with Gasteiger partial charge < -0.3 is 4.57 Å². The Labute approximate surface area is 176 Å². The van der Waals surface area contributed by atoms with E-state index in [2.05, 4.69) is 39.7 Å². The SMILES string of the molecule is C[n+]1cn(-c2cccc(P(=O)(c3ccccc3)c3ccccc3)c2)c2ccccc21. The van der Waals surface area contributed by atoms with E-state index in [4.69, 9.17) is 0 Å². The lowest BCUT2D eigenvalue weighted by molar-refractivity contribution is -0.645. The van der Waals surface area contributed by atoms with Gasteiger partial charge in [0.25, 0.3) is 0 Å². The Balaban J connectivity index is 1.74. The molecule has 0 saturated carbocycles. The van der Waals surface area contributed by atoms with Gasteiger partial charge in [-0.1, -0.05) is 84.9 Å². The van der Waals surface area contributed by atoms with Gasteiger partial charge in [-0.2, -0.15) is 4.57 Å². The minimum Gasteiger partial charge on any atom is -0.309 e. The monoisotopic (exact) mass is 409 g/mol. The molecule has 4 aromatic carbocycles. The second kappa shape index (κ2) is 7.44. The first-order chi connectivity index (χ1) is 14.7. The number of fused-ring (bicyclic) bond motifs is 1. The number of imidazole rings is 1. The minimum atomic E-state index is -3.00. The van der Waals surface area contributed by atoms with Crippen molar-refractivity contribution in [2.75, 3.05) is 0 Å². The molecule has 0 unspecified atom stereocenters. The third-order valence-electron chi connectivity index (χ3n) is 5.52. The van der Waals surface area contributed by atoms with E-state index in [0.29, 0.717) is 0 Å². The van der Waals surface area contributed by atoms with E-state index in [1.54, 1.807) is 0 Å². The number of aryl methyl sites for hydroxylation is 1. The Hall–Kier alpha value is -3.42. The van der Waals surface area contributed by atoms with Crippen LogP contribution in [0.2, 0.25) is 0 Å². The fourth-order valence-electron chi connectivity index (χ4n) is 4.03. The first kappa shape index (κ1) is 18.6. The normalized spacial score (nSPS) is 11.6. The molecule has 0 spiro atoms. The van der Waals surface area contributed by atoms with Crippen LogP contribution in [0.25, 0.3) is 16.7 Å². The summed E-state index contributed by atoms with van der Waals surface area (Å²) in [4.78, 5) is 0. The van der Waals surface area contributed by atoms with E-state index in [-0.39, 0.29) is 0 Å². The summed E-state index contributed by atoms with van der Waals surface area (Å²) in [7, 11) is -0.954. The van der Waals surface area contributed by atoms with Crippen molar-refractivity contribution >= 4 is 34.1 Å². The standard InChI is InChI=1S/C26H22N2OP/c1-27-20-28(26-18-9-8-17-25(26)27)21-11-10-16-24(19-21)30(29,22-12-4-2-5-13-22)23-14-6-3-7-15-23/h2-20H,1H3/q+1. The molecule has 5 aromatic rings. The number of nitrogens with zero attached hydrogens (tertiary/aromatic N) is 2. The van der Waals surface area contributed by atoms with E-state index < -0.39 is 7.14 Å². The highest BCUT2D eigenvalue weighted by molar-refractivity contribution is 7.85. The molecule has 30 heavy (non-hydrogen) atoms. The molecule has 3 nitrogen and oxygen atoms in total. The zero-order chi connectivity index (χ0) is 20.6. The fourth-order valence-corrected chi connectivity index (χ4v) is 6.72. The molecule has 0 radical (unpaired) electrons. The molecule has 5 rings (SSSR count). The molecule has 0 aliphatic carbocycles. The number of hydrogen-bond donors (Lipinski definition) is 0. The summed E-state index contributed by atoms with van der Waals surface area (Å²) in [6.07, 6.45) is 2.07. The van der Waals surface area contributed by atoms with Crippen molar-refractivity contribution < 1.29 is 9.13 Å². The van der Waals surface area contributed by atoms with Gasteiger partial charge in [0.05, 0.1) is 7.05 Å². The molecular formula is C26H22N2OP+. The van der Waals surface area contributed by atoms with Crippen LogP contribution < -0.4 is 20.5 Å². The van der Waals surface area contributed by atoms with Crippen LogP contribution in [0, 0.1) is 0 Å². The van der Waals surface area contributed by atoms with Gasteiger partial charge in [-0.3, -0.25) is 0 Å². The summed E-state index contributed by atoms with van der Waals surface area (Å²) < 4.78 is 18.9. The van der Waals surface area contributed by atoms with Gasteiger partial charge >= 0.3 is 0 Å². The van der Waals surface area contributed by atoms with Crippen molar-refractivity contribution in [3.63, 3.8) is 0 Å². The Morgan fingerprint density at radius 1 is 0.667 bits per heavy atom. The minimum absolute atomic E-state index is 0.831. The van der Waals surface area contributed by atoms with Gasteiger partial charge in [-0.25, -0.2) is 4.57 Å². The Kier molecular flexibility index (Phi) is 4.61. The van der Waals surface area contributed by atoms with Crippen molar-refractivity contribution in [2.24, 2.45) is 7.05 Å². The third kappa shape index (κ3) is 2.99. The maximum absolute atomic E-state index is 14.7. The lowest BCUT2D eigenvalue weighted by Crippen LogP contribution is -2.26. The molecule has 0 atom stereocenters. The molecule has 4 heteroatoms. The zero-order valence-electron chi connectivity index (χ0n) is 16.7. The van der Waals surface area contributed by atoms with Crippen molar-refractivity contribution in [1.82, 2.24) is 4.57 Å². The predicted molar refractivity (Wildman–Crippen MR) is 124 cm³/mol. The summed E-state index contributed by atoms with van der Waals surface area (Å²) in [6, 6.07) is 36.0. The molecule has 1 heterocycles. The molecular weight excluding hydrogens is 387 g/mol. The van der Waals surface area contributed by atoms with Gasteiger partial charge in [0, 0.05) is 15.9 Å². The number of rotatable bonds is 4. The summed E-state index contributed by atoms with van der Waals surface area (Å²) >= 11 is 0. The van der Waals surface area contributed by atoms with Crippen LogP contribution in [0.4, 0.5) is 0 Å². The molecule has 0 N–H and O–H groups in total. The predicted octanol–water partition coefficient (Wildman–Crippen LogP) is 4.09. The maximum atomic E-state index is 14.7. The quantitative estimate of drug-likeness (QED) is 0.324. The average Bonchev–Trinajstić information content (AvgIpc) is 3.16. The van der Waals surface area contributed by atoms with E-state index in [9.17, 15) is 4.57 Å². The van der Waals surface area contributed by atoms with Crippen molar-refractivity contribution in [2.45, 2.75) is 0 Å². The molecule has 146 valence electrons. The van der Waals surface area contributed by atoms with Crippen LogP contribution in [-0.2, 0) is 11.6 Å². The molecule has 0 aliphatic heterocycles. The number of aromatic nitrogens is 2. The van der Waals surface area contributed by atoms with E-state index in [0.717, 1.165) is 32.6 Å². The molecule has 0 aliphatic rings. The Morgan fingerprint density at radius 3 is 1.90 bits per heavy atom. The third-order valence-corrected chi connectivity index (χ3v) is 8.58. The molecule has 0 fully saturated rings. The van der Waals surface area contributed by atoms with E-state index >= 15 is 0 Å². The summed E-state index contributed by atoms with van der Waals surface area (Å²) in [5, 5.41) is 2.52. The number of benzene rings is 4. The van der Waals surface area contributed by atoms with Crippen LogP contribution in [-0.4, -0.2) is 4.57 Å². The highest BCUT2D eigenvalue weighted by Crippen LogP contribution is 2.42. The topological polar surface area (TPSA) is 25.9 Å². The maximum Gasteiger partial charge on any atom is 0.249 e. The smallest absolute Gasteiger partial charge is 0.249 e. The highest BCUT2D eigenvalue weighted by Gasteiger charge is 2.30. The van der Waals surface area contributed by atoms with Gasteiger partial charge in [-0.15, -0.1) is 0 Å². The second-order valence-corrected chi connectivity index (χ2v) is 10.2. The molecule has 0 bridgehead atoms. The second-order valence-electron chi connectivity index (χ2n) is 7.39. The summed E-state index contributed by atoms with van der Waals surface area (Å²) in [5.41, 5.74) is 3.26. The van der Waals surface area contributed by atoms with Crippen LogP contribution in [0.15, 0.2) is 116 Å². The fraction of sp³-hybridized carbons (Fsp3) is 0.0385. The first-order valence-electron chi connectivity index (χ1n) is 9.96. The molecule has 0 amide bonds. The van der Waals surface area contributed by atoms with Crippen molar-refractivity contribution in [1.29, 1.82) is 0 Å². The Morgan fingerprint density at radius 2 is 1.23 bits per heavy atom. The van der Waals surface area contributed by atoms with Gasteiger partial charge in [0.1, 0.15) is 5.69 Å². The van der Waals surface area contributed by atoms with Crippen LogP contribution in [0.5, 0.6) is 0 Å². The first-order valence-corrected chi connectivity index (χ1v) is 11.7. The average molecular weight is 409 g/mol. The summed E-state index contributed by atoms with van der Waals surface area (Å²) in [6.45, 7) is 0. The van der Waals surface area contributed by atoms with Gasteiger partial charge in [0.2, 0.25) is 6.33 Å². The van der Waals surface area contributed by atoms with E-state index in [1.807, 2.05) is 92.0 Å². The van der Waals surface area contributed by atoms with Gasteiger partial charge in [0.15, 0.2) is 18.2 Å².